The number of nitrogens with zero attached hydrogens (tertiary/aromatic N) is 1. The molecule has 0 radical (unpaired) electrons. The molecule has 0 aliphatic heterocycles. The van der Waals surface area contributed by atoms with Gasteiger partial charge in [-0.1, -0.05) is 12.1 Å². The van der Waals surface area contributed by atoms with E-state index < -0.39 is 0 Å². The second-order valence-electron chi connectivity index (χ2n) is 4.90. The minimum absolute atomic E-state index is 0.309. The fourth-order valence-electron chi connectivity index (χ4n) is 1.54. The molecule has 3 nitrogen and oxygen atoms in total. The van der Waals surface area contributed by atoms with Gasteiger partial charge in [-0.15, -0.1) is 0 Å². The molecule has 0 aliphatic carbocycles. The summed E-state index contributed by atoms with van der Waals surface area (Å²) >= 11 is 0. The Bertz CT molecular complexity index is 494. The topological polar surface area (TPSA) is 23.4 Å². The van der Waals surface area contributed by atoms with Gasteiger partial charge in [0.05, 0.1) is 11.7 Å². The Labute approximate surface area is 95.5 Å². The Kier molecular flexibility index (Phi) is 2.64. The van der Waals surface area contributed by atoms with Crippen molar-refractivity contribution in [3.8, 4) is 5.75 Å². The van der Waals surface area contributed by atoms with Crippen LogP contribution < -0.4 is 4.89 Å². The van der Waals surface area contributed by atoms with Crippen molar-refractivity contribution in [2.75, 3.05) is 0 Å². The Morgan fingerprint density at radius 3 is 2.50 bits per heavy atom. The van der Waals surface area contributed by atoms with Crippen LogP contribution in [0.1, 0.15) is 20.8 Å². The van der Waals surface area contributed by atoms with Crippen molar-refractivity contribution in [1.82, 2.24) is 4.57 Å². The fourth-order valence-corrected chi connectivity index (χ4v) is 1.54. The molecule has 0 amide bonds. The van der Waals surface area contributed by atoms with Crippen molar-refractivity contribution in [1.29, 1.82) is 0 Å². The molecule has 1 aromatic heterocycles. The van der Waals surface area contributed by atoms with E-state index in [9.17, 15) is 0 Å². The largest absolute Gasteiger partial charge is 0.347 e. The predicted molar refractivity (Wildman–Crippen MR) is 64.4 cm³/mol. The van der Waals surface area contributed by atoms with Gasteiger partial charge in [-0.05, 0) is 32.9 Å². The Balaban J connectivity index is 2.31. The second-order valence-corrected chi connectivity index (χ2v) is 4.90. The molecule has 0 spiro atoms. The van der Waals surface area contributed by atoms with Crippen LogP contribution in [0.5, 0.6) is 5.75 Å². The molecule has 0 atom stereocenters. The lowest BCUT2D eigenvalue weighted by molar-refractivity contribution is -0.273. The number of rotatable bonds is 2. The van der Waals surface area contributed by atoms with Gasteiger partial charge in [0.2, 0.25) is 0 Å². The van der Waals surface area contributed by atoms with E-state index in [1.807, 2.05) is 56.8 Å². The Hall–Kier alpha value is -1.48. The normalized spacial score (nSPS) is 12.0. The summed E-state index contributed by atoms with van der Waals surface area (Å²) in [4.78, 5) is 10.7. The first-order chi connectivity index (χ1) is 7.47. The van der Waals surface area contributed by atoms with Crippen LogP contribution in [0, 0.1) is 0 Å². The highest BCUT2D eigenvalue weighted by Gasteiger charge is 2.15. The van der Waals surface area contributed by atoms with Crippen LogP contribution >= 0.6 is 0 Å². The quantitative estimate of drug-likeness (QED) is 0.571. The zero-order valence-corrected chi connectivity index (χ0v) is 10.2. The van der Waals surface area contributed by atoms with Gasteiger partial charge in [-0.2, -0.15) is 4.89 Å². The lowest BCUT2D eigenvalue weighted by atomic mass is 10.2. The molecule has 2 aromatic rings. The smallest absolute Gasteiger partial charge is 0.190 e. The summed E-state index contributed by atoms with van der Waals surface area (Å²) in [6.45, 7) is 5.87. The zero-order valence-electron chi connectivity index (χ0n) is 10.2. The number of benzene rings is 1. The van der Waals surface area contributed by atoms with E-state index in [4.69, 9.17) is 9.78 Å². The van der Waals surface area contributed by atoms with Crippen LogP contribution in [-0.2, 0) is 11.9 Å². The third-order valence-electron chi connectivity index (χ3n) is 2.24. The molecule has 3 heteroatoms. The molecule has 1 heterocycles. The highest BCUT2D eigenvalue weighted by molar-refractivity contribution is 5.86. The third-order valence-corrected chi connectivity index (χ3v) is 2.24. The van der Waals surface area contributed by atoms with Crippen LogP contribution in [0.15, 0.2) is 30.5 Å². The minimum atomic E-state index is -0.309. The maximum atomic E-state index is 5.38. The van der Waals surface area contributed by atoms with Crippen LogP contribution in [0.2, 0.25) is 0 Å². The van der Waals surface area contributed by atoms with Crippen LogP contribution in [0.4, 0.5) is 0 Å². The molecule has 86 valence electrons. The van der Waals surface area contributed by atoms with Gasteiger partial charge in [-0.3, -0.25) is 0 Å². The summed E-state index contributed by atoms with van der Waals surface area (Å²) in [5.41, 5.74) is 0.826. The molecular weight excluding hydrogens is 202 g/mol. The molecule has 0 N–H and O–H groups in total. The van der Waals surface area contributed by atoms with Gasteiger partial charge >= 0.3 is 0 Å². The lowest BCUT2D eigenvalue weighted by Gasteiger charge is -2.17. The average molecular weight is 219 g/mol. The van der Waals surface area contributed by atoms with E-state index in [0.29, 0.717) is 0 Å². The number of aromatic nitrogens is 1. The number of fused-ring (bicyclic) bond motifs is 1. The van der Waals surface area contributed by atoms with Gasteiger partial charge in [0.1, 0.15) is 5.60 Å². The number of hydrogen-bond donors (Lipinski definition) is 0. The summed E-state index contributed by atoms with van der Waals surface area (Å²) in [5, 5.41) is 1.06. The summed E-state index contributed by atoms with van der Waals surface area (Å²) < 4.78 is 2.02. The van der Waals surface area contributed by atoms with Gasteiger partial charge in [0.15, 0.2) is 5.75 Å². The van der Waals surface area contributed by atoms with Gasteiger partial charge < -0.3 is 9.45 Å². The summed E-state index contributed by atoms with van der Waals surface area (Å²) in [6.07, 6.45) is 1.93. The Morgan fingerprint density at radius 1 is 1.12 bits per heavy atom. The van der Waals surface area contributed by atoms with Crippen LogP contribution in [-0.4, -0.2) is 10.2 Å². The zero-order chi connectivity index (χ0) is 11.8. The number of aryl methyl sites for hydroxylation is 1. The molecule has 0 aliphatic rings. The van der Waals surface area contributed by atoms with Crippen LogP contribution in [0.25, 0.3) is 10.9 Å². The van der Waals surface area contributed by atoms with E-state index in [2.05, 4.69) is 6.07 Å². The van der Waals surface area contributed by atoms with Gasteiger partial charge in [-0.25, -0.2) is 0 Å². The first-order valence-corrected chi connectivity index (χ1v) is 5.37. The average Bonchev–Trinajstić information content (AvgIpc) is 2.53. The van der Waals surface area contributed by atoms with Gasteiger partial charge in [0.25, 0.3) is 0 Å². The minimum Gasteiger partial charge on any atom is -0.347 e. The molecule has 0 saturated heterocycles. The monoisotopic (exact) mass is 219 g/mol. The van der Waals surface area contributed by atoms with E-state index in [-0.39, 0.29) is 5.60 Å². The predicted octanol–water partition coefficient (Wildman–Crippen LogP) is 3.29. The van der Waals surface area contributed by atoms with Crippen molar-refractivity contribution < 1.29 is 9.78 Å². The summed E-state index contributed by atoms with van der Waals surface area (Å²) in [7, 11) is 1.99. The molecule has 16 heavy (non-hydrogen) atoms. The van der Waals surface area contributed by atoms with Crippen molar-refractivity contribution in [2.45, 2.75) is 26.4 Å². The first kappa shape index (κ1) is 11.0. The van der Waals surface area contributed by atoms with Crippen molar-refractivity contribution >= 4 is 10.9 Å². The maximum absolute atomic E-state index is 5.38. The molecular formula is C13H17NO2. The summed E-state index contributed by atoms with van der Waals surface area (Å²) in [5.74, 6) is 0.757. The maximum Gasteiger partial charge on any atom is 0.190 e. The van der Waals surface area contributed by atoms with Crippen molar-refractivity contribution in [3.05, 3.63) is 30.5 Å². The molecule has 0 bridgehead atoms. The van der Waals surface area contributed by atoms with E-state index >= 15 is 0 Å². The SMILES string of the molecule is Cn1cc(OOC(C)(C)C)c2ccccc21. The molecule has 0 fully saturated rings. The van der Waals surface area contributed by atoms with Crippen molar-refractivity contribution in [3.63, 3.8) is 0 Å². The van der Waals surface area contributed by atoms with E-state index in [0.717, 1.165) is 16.7 Å². The highest BCUT2D eigenvalue weighted by atomic mass is 17.2. The Morgan fingerprint density at radius 2 is 1.81 bits per heavy atom. The summed E-state index contributed by atoms with van der Waals surface area (Å²) in [6, 6.07) is 8.08. The lowest BCUT2D eigenvalue weighted by Crippen LogP contribution is -2.21. The van der Waals surface area contributed by atoms with Gasteiger partial charge in [0, 0.05) is 12.4 Å². The third kappa shape index (κ3) is 2.19. The molecule has 2 rings (SSSR count). The standard InChI is InChI=1S/C13H17NO2/c1-13(2,3)16-15-12-9-14(4)11-8-6-5-7-10(11)12/h5-9H,1-4H3. The second kappa shape index (κ2) is 3.83. The number of para-hydroxylation sites is 1. The molecule has 1 aromatic carbocycles. The first-order valence-electron chi connectivity index (χ1n) is 5.37. The van der Waals surface area contributed by atoms with E-state index in [1.54, 1.807) is 0 Å². The highest BCUT2D eigenvalue weighted by Crippen LogP contribution is 2.28. The van der Waals surface area contributed by atoms with Crippen LogP contribution in [0.3, 0.4) is 0 Å². The molecule has 0 unspecified atom stereocenters. The molecule has 0 saturated carbocycles. The van der Waals surface area contributed by atoms with E-state index in [1.165, 1.54) is 0 Å². The van der Waals surface area contributed by atoms with Crippen molar-refractivity contribution in [2.24, 2.45) is 7.05 Å². The fraction of sp³-hybridized carbons (Fsp3) is 0.385. The number of hydrogen-bond acceptors (Lipinski definition) is 2.